The largest absolute Gasteiger partial charge is 0.485 e. The minimum atomic E-state index is -0.307. The monoisotopic (exact) mass is 308 g/mol. The zero-order valence-corrected chi connectivity index (χ0v) is 14.6. The maximum atomic E-state index is 6.15. The number of pyridine rings is 1. The number of rotatable bonds is 2. The minimum absolute atomic E-state index is 0.307. The number of fused-ring (bicyclic) bond motifs is 1. The molecule has 0 saturated heterocycles. The molecule has 1 aliphatic heterocycles. The lowest BCUT2D eigenvalue weighted by atomic mass is 9.98. The van der Waals surface area contributed by atoms with E-state index in [1.165, 1.54) is 5.56 Å². The molecule has 1 aromatic heterocycles. The summed E-state index contributed by atoms with van der Waals surface area (Å²) in [5.74, 6) is 1.31. The Morgan fingerprint density at radius 1 is 1.17 bits per heavy atom. The summed E-state index contributed by atoms with van der Waals surface area (Å²) in [4.78, 5) is 9.53. The van der Waals surface area contributed by atoms with E-state index in [0.29, 0.717) is 12.5 Å². The van der Waals surface area contributed by atoms with Crippen LogP contribution in [0, 0.1) is 6.92 Å². The van der Waals surface area contributed by atoms with Gasteiger partial charge in [0.1, 0.15) is 11.4 Å². The highest BCUT2D eigenvalue weighted by Gasteiger charge is 2.26. The molecule has 0 fully saturated rings. The highest BCUT2D eigenvalue weighted by molar-refractivity contribution is 6.14. The molecule has 0 spiro atoms. The van der Waals surface area contributed by atoms with Crippen LogP contribution in [0.3, 0.4) is 0 Å². The van der Waals surface area contributed by atoms with Gasteiger partial charge < -0.3 is 4.74 Å². The van der Waals surface area contributed by atoms with Gasteiger partial charge in [0.15, 0.2) is 0 Å². The molecule has 0 atom stereocenters. The Morgan fingerprint density at radius 2 is 1.91 bits per heavy atom. The molecule has 0 N–H and O–H groups in total. The van der Waals surface area contributed by atoms with Crippen molar-refractivity contribution in [1.82, 2.24) is 4.98 Å². The third-order valence-corrected chi connectivity index (χ3v) is 4.09. The van der Waals surface area contributed by atoms with E-state index in [4.69, 9.17) is 9.73 Å². The van der Waals surface area contributed by atoms with Gasteiger partial charge in [-0.2, -0.15) is 0 Å². The van der Waals surface area contributed by atoms with E-state index >= 15 is 0 Å². The standard InChI is InChI=1S/C20H24N2O/c1-13(2)18-14(3)10-15(11-21-18)19-16-8-6-7-9-17(16)23-20(4,5)12-22-19/h6-11,13H,12H2,1-5H3. The van der Waals surface area contributed by atoms with E-state index in [9.17, 15) is 0 Å². The molecule has 23 heavy (non-hydrogen) atoms. The topological polar surface area (TPSA) is 34.5 Å². The number of para-hydroxylation sites is 1. The Balaban J connectivity index is 2.12. The van der Waals surface area contributed by atoms with Gasteiger partial charge in [0.05, 0.1) is 12.3 Å². The van der Waals surface area contributed by atoms with Crippen molar-refractivity contribution in [3.05, 3.63) is 58.9 Å². The predicted molar refractivity (Wildman–Crippen MR) is 94.7 cm³/mol. The minimum Gasteiger partial charge on any atom is -0.485 e. The van der Waals surface area contributed by atoms with Crippen molar-refractivity contribution >= 4 is 5.71 Å². The Hall–Kier alpha value is -2.16. The Morgan fingerprint density at radius 3 is 2.61 bits per heavy atom. The van der Waals surface area contributed by atoms with Crippen molar-refractivity contribution in [2.24, 2.45) is 4.99 Å². The fraction of sp³-hybridized carbons (Fsp3) is 0.400. The second kappa shape index (κ2) is 5.80. The normalized spacial score (nSPS) is 16.3. The van der Waals surface area contributed by atoms with E-state index in [2.05, 4.69) is 51.7 Å². The first kappa shape index (κ1) is 15.7. The van der Waals surface area contributed by atoms with Crippen molar-refractivity contribution in [2.45, 2.75) is 46.1 Å². The third-order valence-electron chi connectivity index (χ3n) is 4.09. The molecule has 0 radical (unpaired) electrons. The SMILES string of the molecule is Cc1cc(C2=NCC(C)(C)Oc3ccccc32)cnc1C(C)C. The molecular weight excluding hydrogens is 284 g/mol. The highest BCUT2D eigenvalue weighted by Crippen LogP contribution is 2.30. The third kappa shape index (κ3) is 3.14. The second-order valence-corrected chi connectivity index (χ2v) is 7.10. The molecular formula is C20H24N2O. The van der Waals surface area contributed by atoms with Gasteiger partial charge >= 0.3 is 0 Å². The number of hydrogen-bond donors (Lipinski definition) is 0. The zero-order valence-electron chi connectivity index (χ0n) is 14.6. The summed E-state index contributed by atoms with van der Waals surface area (Å²) in [5.41, 5.74) is 5.11. The van der Waals surface area contributed by atoms with E-state index in [1.54, 1.807) is 0 Å². The lowest BCUT2D eigenvalue weighted by Crippen LogP contribution is -2.31. The van der Waals surface area contributed by atoms with Crippen LogP contribution in [0.15, 0.2) is 41.5 Å². The molecule has 1 aliphatic rings. The van der Waals surface area contributed by atoms with Gasteiger partial charge in [0.25, 0.3) is 0 Å². The van der Waals surface area contributed by atoms with Crippen LogP contribution in [0.4, 0.5) is 0 Å². The lowest BCUT2D eigenvalue weighted by Gasteiger charge is -2.23. The summed E-state index contributed by atoms with van der Waals surface area (Å²) in [7, 11) is 0. The van der Waals surface area contributed by atoms with Gasteiger partial charge in [-0.15, -0.1) is 0 Å². The van der Waals surface area contributed by atoms with Gasteiger partial charge in [0, 0.05) is 23.0 Å². The first-order chi connectivity index (χ1) is 10.9. The maximum Gasteiger partial charge on any atom is 0.129 e. The fourth-order valence-electron chi connectivity index (χ4n) is 3.00. The van der Waals surface area contributed by atoms with Crippen LogP contribution in [-0.2, 0) is 0 Å². The second-order valence-electron chi connectivity index (χ2n) is 7.10. The summed E-state index contributed by atoms with van der Waals surface area (Å²) < 4.78 is 6.15. The van der Waals surface area contributed by atoms with Gasteiger partial charge in [-0.05, 0) is 50.5 Å². The molecule has 0 bridgehead atoms. The molecule has 2 aromatic rings. The zero-order chi connectivity index (χ0) is 16.6. The highest BCUT2D eigenvalue weighted by atomic mass is 16.5. The first-order valence-corrected chi connectivity index (χ1v) is 8.17. The van der Waals surface area contributed by atoms with Crippen LogP contribution >= 0.6 is 0 Å². The summed E-state index contributed by atoms with van der Waals surface area (Å²) in [5, 5.41) is 0. The smallest absolute Gasteiger partial charge is 0.129 e. The van der Waals surface area contributed by atoms with E-state index < -0.39 is 0 Å². The summed E-state index contributed by atoms with van der Waals surface area (Å²) in [6.07, 6.45) is 1.94. The van der Waals surface area contributed by atoms with E-state index in [-0.39, 0.29) is 5.60 Å². The first-order valence-electron chi connectivity index (χ1n) is 8.17. The average Bonchev–Trinajstić information content (AvgIpc) is 2.61. The molecule has 0 aliphatic carbocycles. The Bertz CT molecular complexity index is 760. The molecule has 3 heteroatoms. The van der Waals surface area contributed by atoms with Crippen molar-refractivity contribution in [3.63, 3.8) is 0 Å². The van der Waals surface area contributed by atoms with Gasteiger partial charge in [0.2, 0.25) is 0 Å². The number of benzene rings is 1. The van der Waals surface area contributed by atoms with Crippen LogP contribution in [-0.4, -0.2) is 22.8 Å². The van der Waals surface area contributed by atoms with Crippen LogP contribution in [0.25, 0.3) is 0 Å². The van der Waals surface area contributed by atoms with Crippen molar-refractivity contribution in [1.29, 1.82) is 0 Å². The average molecular weight is 308 g/mol. The Kier molecular flexibility index (Phi) is 3.97. The number of hydrogen-bond acceptors (Lipinski definition) is 3. The molecule has 2 heterocycles. The van der Waals surface area contributed by atoms with Crippen LogP contribution in [0.2, 0.25) is 0 Å². The summed E-state index contributed by atoms with van der Waals surface area (Å²) >= 11 is 0. The molecule has 0 unspecified atom stereocenters. The van der Waals surface area contributed by atoms with Crippen LogP contribution in [0.1, 0.15) is 56.0 Å². The number of aliphatic imine (C=N–C) groups is 1. The quantitative estimate of drug-likeness (QED) is 0.817. The van der Waals surface area contributed by atoms with Crippen LogP contribution < -0.4 is 4.74 Å². The van der Waals surface area contributed by atoms with Crippen LogP contribution in [0.5, 0.6) is 5.75 Å². The van der Waals surface area contributed by atoms with Gasteiger partial charge in [-0.3, -0.25) is 9.98 Å². The molecule has 0 saturated carbocycles. The van der Waals surface area contributed by atoms with E-state index in [0.717, 1.165) is 28.3 Å². The lowest BCUT2D eigenvalue weighted by molar-refractivity contribution is 0.121. The summed E-state index contributed by atoms with van der Waals surface area (Å²) in [6, 6.07) is 10.3. The maximum absolute atomic E-state index is 6.15. The molecule has 120 valence electrons. The fourth-order valence-corrected chi connectivity index (χ4v) is 3.00. The predicted octanol–water partition coefficient (Wildman–Crippen LogP) is 4.52. The molecule has 3 rings (SSSR count). The van der Waals surface area contributed by atoms with Gasteiger partial charge in [-0.25, -0.2) is 0 Å². The number of aromatic nitrogens is 1. The number of aryl methyl sites for hydroxylation is 1. The molecule has 3 nitrogen and oxygen atoms in total. The number of nitrogens with zero attached hydrogens (tertiary/aromatic N) is 2. The molecule has 1 aromatic carbocycles. The summed E-state index contributed by atoms with van der Waals surface area (Å²) in [6.45, 7) is 11.2. The Labute approximate surface area is 138 Å². The molecule has 0 amide bonds. The van der Waals surface area contributed by atoms with Crippen molar-refractivity contribution < 1.29 is 4.74 Å². The van der Waals surface area contributed by atoms with E-state index in [1.807, 2.05) is 24.4 Å². The van der Waals surface area contributed by atoms with Gasteiger partial charge in [-0.1, -0.05) is 26.0 Å². The van der Waals surface area contributed by atoms with Crippen molar-refractivity contribution in [2.75, 3.05) is 6.54 Å². The van der Waals surface area contributed by atoms with Crippen molar-refractivity contribution in [3.8, 4) is 5.75 Å². The number of ether oxygens (including phenoxy) is 1.